The van der Waals surface area contributed by atoms with Crippen LogP contribution >= 0.6 is 11.8 Å². The Hall–Kier alpha value is -3.71. The zero-order valence-corrected chi connectivity index (χ0v) is 18.6. The normalized spacial score (nSPS) is 13.5. The summed E-state index contributed by atoms with van der Waals surface area (Å²) in [5.74, 6) is 0.771. The van der Waals surface area contributed by atoms with Gasteiger partial charge in [0.1, 0.15) is 5.75 Å². The Balaban J connectivity index is 1.85. The summed E-state index contributed by atoms with van der Waals surface area (Å²) in [5.41, 5.74) is 1.33. The number of amides is 2. The summed E-state index contributed by atoms with van der Waals surface area (Å²) in [6.07, 6.45) is 0. The van der Waals surface area contributed by atoms with E-state index < -0.39 is 5.91 Å². The molecule has 0 atom stereocenters. The van der Waals surface area contributed by atoms with E-state index in [0.29, 0.717) is 39.0 Å². The summed E-state index contributed by atoms with van der Waals surface area (Å²) in [6.45, 7) is 0. The largest absolute Gasteiger partial charge is 0.497 e. The average Bonchev–Trinajstić information content (AvgIpc) is 3.08. The summed E-state index contributed by atoms with van der Waals surface area (Å²) >= 11 is 1.26. The Bertz CT molecular complexity index is 1210. The van der Waals surface area contributed by atoms with Crippen LogP contribution in [0.1, 0.15) is 5.56 Å². The molecular formula is C25H21NO5S. The number of carbonyl (C=O) groups excluding carboxylic acids is 2. The van der Waals surface area contributed by atoms with Crippen LogP contribution in [0.25, 0.3) is 5.57 Å². The molecule has 32 heavy (non-hydrogen) atoms. The van der Waals surface area contributed by atoms with Crippen molar-refractivity contribution in [2.24, 2.45) is 0 Å². The molecular weight excluding hydrogens is 426 g/mol. The standard InChI is InChI=1S/C25H21NO5S/c1-29-18-9-7-8-17(15-18)26-24(27)22(16-12-13-20(30-2)21(14-16)31-3)23(25(26)28)32-19-10-5-4-6-11-19/h4-15H,1-3H3. The van der Waals surface area contributed by atoms with E-state index in [1.807, 2.05) is 30.3 Å². The van der Waals surface area contributed by atoms with Gasteiger partial charge in [0.2, 0.25) is 0 Å². The van der Waals surface area contributed by atoms with Crippen molar-refractivity contribution in [2.45, 2.75) is 4.90 Å². The average molecular weight is 448 g/mol. The summed E-state index contributed by atoms with van der Waals surface area (Å²) in [6, 6.07) is 21.5. The highest BCUT2D eigenvalue weighted by Crippen LogP contribution is 2.43. The molecule has 4 rings (SSSR count). The third-order valence-corrected chi connectivity index (χ3v) is 6.08. The molecule has 6 nitrogen and oxygen atoms in total. The molecule has 0 N–H and O–H groups in total. The van der Waals surface area contributed by atoms with Crippen molar-refractivity contribution >= 4 is 34.8 Å². The van der Waals surface area contributed by atoms with Crippen molar-refractivity contribution in [2.75, 3.05) is 26.2 Å². The third kappa shape index (κ3) is 3.94. The highest BCUT2D eigenvalue weighted by molar-refractivity contribution is 8.04. The molecule has 0 saturated heterocycles. The number of methoxy groups -OCH3 is 3. The summed E-state index contributed by atoms with van der Waals surface area (Å²) < 4.78 is 16.0. The Morgan fingerprint density at radius 3 is 2.16 bits per heavy atom. The van der Waals surface area contributed by atoms with Gasteiger partial charge in [-0.15, -0.1) is 0 Å². The number of hydrogen-bond acceptors (Lipinski definition) is 6. The van der Waals surface area contributed by atoms with E-state index >= 15 is 0 Å². The molecule has 2 amide bonds. The van der Waals surface area contributed by atoms with Crippen LogP contribution in [0.3, 0.4) is 0 Å². The molecule has 162 valence electrons. The van der Waals surface area contributed by atoms with Gasteiger partial charge in [0.15, 0.2) is 11.5 Å². The predicted molar refractivity (Wildman–Crippen MR) is 124 cm³/mol. The van der Waals surface area contributed by atoms with Crippen LogP contribution in [0.5, 0.6) is 17.2 Å². The van der Waals surface area contributed by atoms with Gasteiger partial charge in [0.25, 0.3) is 11.8 Å². The number of rotatable bonds is 7. The van der Waals surface area contributed by atoms with E-state index in [1.54, 1.807) is 49.6 Å². The molecule has 0 fully saturated rings. The second-order valence-corrected chi connectivity index (χ2v) is 7.92. The molecule has 1 heterocycles. The maximum atomic E-state index is 13.6. The molecule has 3 aromatic carbocycles. The highest BCUT2D eigenvalue weighted by atomic mass is 32.2. The third-order valence-electron chi connectivity index (χ3n) is 4.99. The van der Waals surface area contributed by atoms with Crippen LogP contribution < -0.4 is 19.1 Å². The van der Waals surface area contributed by atoms with Crippen molar-refractivity contribution in [1.29, 1.82) is 0 Å². The molecule has 0 saturated carbocycles. The second kappa shape index (κ2) is 9.20. The first-order valence-electron chi connectivity index (χ1n) is 9.79. The van der Waals surface area contributed by atoms with Gasteiger partial charge in [-0.1, -0.05) is 42.1 Å². The highest BCUT2D eigenvalue weighted by Gasteiger charge is 2.40. The predicted octanol–water partition coefficient (Wildman–Crippen LogP) is 4.79. The van der Waals surface area contributed by atoms with Crippen molar-refractivity contribution < 1.29 is 23.8 Å². The first-order chi connectivity index (χ1) is 15.6. The summed E-state index contributed by atoms with van der Waals surface area (Å²) in [4.78, 5) is 29.5. The number of thioether (sulfide) groups is 1. The van der Waals surface area contributed by atoms with E-state index in [4.69, 9.17) is 14.2 Å². The number of benzene rings is 3. The van der Waals surface area contributed by atoms with E-state index in [9.17, 15) is 9.59 Å². The van der Waals surface area contributed by atoms with E-state index in [2.05, 4.69) is 0 Å². The number of carbonyl (C=O) groups is 2. The Morgan fingerprint density at radius 1 is 0.719 bits per heavy atom. The van der Waals surface area contributed by atoms with Crippen LogP contribution in [0.4, 0.5) is 5.69 Å². The van der Waals surface area contributed by atoms with Gasteiger partial charge in [-0.3, -0.25) is 9.59 Å². The second-order valence-electron chi connectivity index (χ2n) is 6.84. The van der Waals surface area contributed by atoms with Gasteiger partial charge in [0, 0.05) is 11.0 Å². The molecule has 0 bridgehead atoms. The number of hydrogen-bond donors (Lipinski definition) is 0. The molecule has 3 aromatic rings. The molecule has 1 aliphatic rings. The number of ether oxygens (including phenoxy) is 3. The van der Waals surface area contributed by atoms with Gasteiger partial charge in [-0.2, -0.15) is 0 Å². The van der Waals surface area contributed by atoms with E-state index in [0.717, 1.165) is 4.90 Å². The fraction of sp³-hybridized carbons (Fsp3) is 0.120. The smallest absolute Gasteiger partial charge is 0.272 e. The molecule has 0 spiro atoms. The first kappa shape index (κ1) is 21.5. The topological polar surface area (TPSA) is 65.1 Å². The minimum absolute atomic E-state index is 0.313. The lowest BCUT2D eigenvalue weighted by atomic mass is 10.1. The lowest BCUT2D eigenvalue weighted by Gasteiger charge is -2.16. The zero-order valence-electron chi connectivity index (χ0n) is 17.8. The van der Waals surface area contributed by atoms with Gasteiger partial charge in [-0.05, 0) is 42.0 Å². The first-order valence-corrected chi connectivity index (χ1v) is 10.6. The van der Waals surface area contributed by atoms with Gasteiger partial charge < -0.3 is 14.2 Å². The van der Waals surface area contributed by atoms with Crippen LogP contribution in [-0.4, -0.2) is 33.1 Å². The molecule has 0 aromatic heterocycles. The Kier molecular flexibility index (Phi) is 6.18. The fourth-order valence-corrected chi connectivity index (χ4v) is 4.46. The summed E-state index contributed by atoms with van der Waals surface area (Å²) in [7, 11) is 4.61. The fourth-order valence-electron chi connectivity index (χ4n) is 3.44. The quantitative estimate of drug-likeness (QED) is 0.485. The molecule has 1 aliphatic heterocycles. The Morgan fingerprint density at radius 2 is 1.47 bits per heavy atom. The van der Waals surface area contributed by atoms with Crippen molar-refractivity contribution in [3.63, 3.8) is 0 Å². The summed E-state index contributed by atoms with van der Waals surface area (Å²) in [5, 5.41) is 0. The molecule has 7 heteroatoms. The molecule has 0 unspecified atom stereocenters. The van der Waals surface area contributed by atoms with E-state index in [1.165, 1.54) is 30.9 Å². The maximum absolute atomic E-state index is 13.6. The van der Waals surface area contributed by atoms with Crippen molar-refractivity contribution in [3.05, 3.63) is 83.3 Å². The van der Waals surface area contributed by atoms with Gasteiger partial charge in [-0.25, -0.2) is 4.90 Å². The van der Waals surface area contributed by atoms with Gasteiger partial charge in [0.05, 0.1) is 37.5 Å². The molecule has 0 aliphatic carbocycles. The monoisotopic (exact) mass is 447 g/mol. The van der Waals surface area contributed by atoms with Crippen LogP contribution in [-0.2, 0) is 9.59 Å². The Labute approximate surface area is 190 Å². The maximum Gasteiger partial charge on any atom is 0.272 e. The van der Waals surface area contributed by atoms with E-state index in [-0.39, 0.29) is 5.91 Å². The van der Waals surface area contributed by atoms with Crippen LogP contribution in [0.15, 0.2) is 82.6 Å². The van der Waals surface area contributed by atoms with Crippen molar-refractivity contribution in [3.8, 4) is 17.2 Å². The van der Waals surface area contributed by atoms with Crippen molar-refractivity contribution in [1.82, 2.24) is 0 Å². The SMILES string of the molecule is COc1cccc(N2C(=O)C(Sc3ccccc3)=C(c3ccc(OC)c(OC)c3)C2=O)c1. The lowest BCUT2D eigenvalue weighted by Crippen LogP contribution is -2.31. The number of imide groups is 1. The van der Waals surface area contributed by atoms with Gasteiger partial charge >= 0.3 is 0 Å². The lowest BCUT2D eigenvalue weighted by molar-refractivity contribution is -0.119. The molecule has 0 radical (unpaired) electrons. The zero-order chi connectivity index (χ0) is 22.7. The number of anilines is 1. The number of nitrogens with zero attached hydrogens (tertiary/aromatic N) is 1. The minimum atomic E-state index is -0.408. The van der Waals surface area contributed by atoms with Crippen LogP contribution in [0, 0.1) is 0 Å². The minimum Gasteiger partial charge on any atom is -0.497 e. The van der Waals surface area contributed by atoms with Crippen LogP contribution in [0.2, 0.25) is 0 Å².